The summed E-state index contributed by atoms with van der Waals surface area (Å²) in [4.78, 5) is 55.7. The Hall–Kier alpha value is -2.64. The van der Waals surface area contributed by atoms with Crippen LogP contribution in [-0.4, -0.2) is 46.9 Å². The summed E-state index contributed by atoms with van der Waals surface area (Å²) in [5.41, 5.74) is 10.4. The zero-order valence-corrected chi connectivity index (χ0v) is 13.8. The molecule has 0 aliphatic heterocycles. The van der Waals surface area contributed by atoms with Gasteiger partial charge in [0.15, 0.2) is 0 Å². The highest BCUT2D eigenvalue weighted by Crippen LogP contribution is 1.93. The standard InChI is InChI=1S/C14H18N4O5S/c1-8(19)6-13(24)18-12(22)5-2-9(20)7-17-14(23)10(15)3-4-11(16)21/h10H,3-4,6-7,15H2,1H3,(H2,16,21)(H,17,23)(H,18,22,24)/t10-/m0/s1. The molecule has 0 aliphatic carbocycles. The van der Waals surface area contributed by atoms with E-state index < -0.39 is 36.1 Å². The van der Waals surface area contributed by atoms with Crippen LogP contribution in [0.3, 0.4) is 0 Å². The first-order valence-electron chi connectivity index (χ1n) is 6.81. The van der Waals surface area contributed by atoms with Crippen molar-refractivity contribution >= 4 is 46.5 Å². The molecule has 0 unspecified atom stereocenters. The summed E-state index contributed by atoms with van der Waals surface area (Å²) in [6, 6.07) is -0.981. The fourth-order valence-corrected chi connectivity index (χ4v) is 1.62. The van der Waals surface area contributed by atoms with E-state index in [1.807, 2.05) is 11.8 Å². The van der Waals surface area contributed by atoms with Crippen molar-refractivity contribution in [1.82, 2.24) is 10.6 Å². The van der Waals surface area contributed by atoms with Crippen LogP contribution in [0.15, 0.2) is 0 Å². The van der Waals surface area contributed by atoms with Crippen molar-refractivity contribution in [1.29, 1.82) is 0 Å². The molecule has 0 aromatic carbocycles. The normalized spacial score (nSPS) is 10.6. The second-order valence-electron chi connectivity index (χ2n) is 4.76. The lowest BCUT2D eigenvalue weighted by atomic mass is 10.1. The lowest BCUT2D eigenvalue weighted by Crippen LogP contribution is -2.42. The molecule has 0 radical (unpaired) electrons. The van der Waals surface area contributed by atoms with E-state index in [2.05, 4.69) is 10.6 Å². The Balaban J connectivity index is 4.24. The van der Waals surface area contributed by atoms with Gasteiger partial charge in [-0.05, 0) is 19.3 Å². The number of Topliss-reactive ketones (excluding diaryl/α,β-unsaturated/α-hetero) is 2. The Kier molecular flexibility index (Phi) is 9.77. The first-order valence-corrected chi connectivity index (χ1v) is 7.22. The third kappa shape index (κ3) is 11.0. The molecule has 0 rings (SSSR count). The van der Waals surface area contributed by atoms with Gasteiger partial charge in [-0.3, -0.25) is 24.0 Å². The molecule has 24 heavy (non-hydrogen) atoms. The van der Waals surface area contributed by atoms with Crippen LogP contribution < -0.4 is 22.1 Å². The number of amides is 3. The molecule has 130 valence electrons. The van der Waals surface area contributed by atoms with Crippen molar-refractivity contribution in [2.24, 2.45) is 11.5 Å². The molecule has 1 atom stereocenters. The number of rotatable bonds is 8. The number of nitrogens with one attached hydrogen (secondary N) is 2. The predicted molar refractivity (Wildman–Crippen MR) is 88.2 cm³/mol. The van der Waals surface area contributed by atoms with Gasteiger partial charge < -0.3 is 22.1 Å². The van der Waals surface area contributed by atoms with Gasteiger partial charge in [-0.15, -0.1) is 0 Å². The van der Waals surface area contributed by atoms with Gasteiger partial charge in [-0.1, -0.05) is 12.2 Å². The Labute approximate surface area is 143 Å². The maximum Gasteiger partial charge on any atom is 0.301 e. The zero-order chi connectivity index (χ0) is 18.7. The molecular formula is C14H18N4O5S. The Morgan fingerprint density at radius 3 is 2.33 bits per heavy atom. The summed E-state index contributed by atoms with van der Waals surface area (Å²) in [7, 11) is 0. The summed E-state index contributed by atoms with van der Waals surface area (Å²) >= 11 is 4.73. The molecule has 0 fully saturated rings. The third-order valence-electron chi connectivity index (χ3n) is 2.44. The number of ketones is 2. The number of nitrogens with two attached hydrogens (primary N) is 2. The average Bonchev–Trinajstić information content (AvgIpc) is 2.46. The van der Waals surface area contributed by atoms with Crippen LogP contribution in [0.25, 0.3) is 0 Å². The quantitative estimate of drug-likeness (QED) is 0.216. The highest BCUT2D eigenvalue weighted by molar-refractivity contribution is 7.80. The molecule has 6 N–H and O–H groups in total. The van der Waals surface area contributed by atoms with E-state index >= 15 is 0 Å². The fourth-order valence-electron chi connectivity index (χ4n) is 1.33. The van der Waals surface area contributed by atoms with Crippen molar-refractivity contribution in [3.05, 3.63) is 0 Å². The first kappa shape index (κ1) is 21.4. The molecular weight excluding hydrogens is 336 g/mol. The summed E-state index contributed by atoms with van der Waals surface area (Å²) < 4.78 is 0. The van der Waals surface area contributed by atoms with E-state index in [-0.39, 0.29) is 30.0 Å². The molecule has 0 aliphatic rings. The lowest BCUT2D eigenvalue weighted by Gasteiger charge is -2.09. The molecule has 3 amide bonds. The van der Waals surface area contributed by atoms with Crippen LogP contribution in [0.5, 0.6) is 0 Å². The monoisotopic (exact) mass is 354 g/mol. The van der Waals surface area contributed by atoms with Crippen LogP contribution in [0.1, 0.15) is 26.2 Å². The number of hydrogen-bond donors (Lipinski definition) is 4. The Morgan fingerprint density at radius 2 is 1.79 bits per heavy atom. The van der Waals surface area contributed by atoms with Gasteiger partial charge in [-0.2, -0.15) is 0 Å². The topological polar surface area (TPSA) is 161 Å². The Bertz CT molecular complexity index is 620. The van der Waals surface area contributed by atoms with E-state index in [1.54, 1.807) is 0 Å². The zero-order valence-electron chi connectivity index (χ0n) is 13.0. The molecule has 0 aromatic heterocycles. The van der Waals surface area contributed by atoms with Gasteiger partial charge in [0.25, 0.3) is 0 Å². The molecule has 0 bridgehead atoms. The van der Waals surface area contributed by atoms with Gasteiger partial charge in [0.2, 0.25) is 17.6 Å². The number of primary amides is 1. The minimum atomic E-state index is -0.981. The van der Waals surface area contributed by atoms with Crippen LogP contribution in [-0.2, 0) is 24.0 Å². The van der Waals surface area contributed by atoms with E-state index in [1.165, 1.54) is 6.92 Å². The van der Waals surface area contributed by atoms with Gasteiger partial charge in [0.1, 0.15) is 5.78 Å². The van der Waals surface area contributed by atoms with Crippen LogP contribution >= 0.6 is 12.2 Å². The van der Waals surface area contributed by atoms with Crippen molar-refractivity contribution in [3.8, 4) is 11.8 Å². The highest BCUT2D eigenvalue weighted by atomic mass is 32.1. The lowest BCUT2D eigenvalue weighted by molar-refractivity contribution is -0.125. The second-order valence-corrected chi connectivity index (χ2v) is 5.25. The van der Waals surface area contributed by atoms with Crippen molar-refractivity contribution < 1.29 is 24.0 Å². The van der Waals surface area contributed by atoms with Crippen molar-refractivity contribution in [2.45, 2.75) is 32.2 Å². The van der Waals surface area contributed by atoms with Crippen LogP contribution in [0.2, 0.25) is 0 Å². The fraction of sp³-hybridized carbons (Fsp3) is 0.429. The maximum atomic E-state index is 11.5. The number of carbonyl (C=O) groups is 5. The minimum Gasteiger partial charge on any atom is -0.370 e. The molecule has 0 saturated carbocycles. The van der Waals surface area contributed by atoms with E-state index in [0.717, 1.165) is 0 Å². The summed E-state index contributed by atoms with van der Waals surface area (Å²) in [5, 5.41) is 4.40. The van der Waals surface area contributed by atoms with E-state index in [0.29, 0.717) is 0 Å². The van der Waals surface area contributed by atoms with Crippen LogP contribution in [0.4, 0.5) is 0 Å². The van der Waals surface area contributed by atoms with E-state index in [4.69, 9.17) is 23.7 Å². The number of hydrogen-bond acceptors (Lipinski definition) is 7. The molecule has 0 spiro atoms. The van der Waals surface area contributed by atoms with Gasteiger partial charge in [0.05, 0.1) is 24.0 Å². The van der Waals surface area contributed by atoms with Crippen molar-refractivity contribution in [2.75, 3.05) is 6.54 Å². The molecule has 0 aromatic rings. The third-order valence-corrected chi connectivity index (χ3v) is 2.69. The second kappa shape index (κ2) is 11.0. The van der Waals surface area contributed by atoms with Gasteiger partial charge in [-0.25, -0.2) is 0 Å². The summed E-state index contributed by atoms with van der Waals surface area (Å²) in [6.07, 6.45) is -0.102. The first-order chi connectivity index (χ1) is 11.1. The number of thiocarbonyl (C=S) groups is 1. The van der Waals surface area contributed by atoms with Crippen LogP contribution in [0, 0.1) is 11.8 Å². The molecule has 9 nitrogen and oxygen atoms in total. The van der Waals surface area contributed by atoms with Gasteiger partial charge >= 0.3 is 5.91 Å². The van der Waals surface area contributed by atoms with Gasteiger partial charge in [0, 0.05) is 12.3 Å². The largest absolute Gasteiger partial charge is 0.370 e. The summed E-state index contributed by atoms with van der Waals surface area (Å²) in [6.45, 7) is 0.867. The molecule has 10 heteroatoms. The Morgan fingerprint density at radius 1 is 1.17 bits per heavy atom. The minimum absolute atomic E-state index is 0.00276. The van der Waals surface area contributed by atoms with Crippen molar-refractivity contribution in [3.63, 3.8) is 0 Å². The molecule has 0 saturated heterocycles. The molecule has 0 heterocycles. The predicted octanol–water partition coefficient (Wildman–Crippen LogP) is -2.31. The smallest absolute Gasteiger partial charge is 0.301 e. The SMILES string of the molecule is CC(=O)CC(=S)NC(=O)C#CC(=O)CNC(=O)[C@@H](N)CCC(N)=O. The number of carbonyl (C=O) groups excluding carboxylic acids is 5. The average molecular weight is 354 g/mol. The highest BCUT2D eigenvalue weighted by Gasteiger charge is 2.14. The maximum absolute atomic E-state index is 11.5. The van der Waals surface area contributed by atoms with E-state index in [9.17, 15) is 24.0 Å². The summed E-state index contributed by atoms with van der Waals surface area (Å²) in [5.74, 6) is 0.988.